The number of ether oxygens (including phenoxy) is 3. The zero-order chi connectivity index (χ0) is 18.9. The summed E-state index contributed by atoms with van der Waals surface area (Å²) in [6.45, 7) is 4.37. The number of methoxy groups -OCH3 is 2. The van der Waals surface area contributed by atoms with Crippen LogP contribution in [0, 0.1) is 0 Å². The molecule has 0 spiro atoms. The molecule has 1 atom stereocenters. The van der Waals surface area contributed by atoms with Crippen LogP contribution in [0.3, 0.4) is 0 Å². The summed E-state index contributed by atoms with van der Waals surface area (Å²) in [6, 6.07) is 13.0. The van der Waals surface area contributed by atoms with Crippen molar-refractivity contribution in [1.29, 1.82) is 0 Å². The second kappa shape index (κ2) is 9.51. The Kier molecular flexibility index (Phi) is 7.09. The van der Waals surface area contributed by atoms with Crippen LogP contribution in [0.25, 0.3) is 6.08 Å². The third-order valence-corrected chi connectivity index (χ3v) is 3.88. The van der Waals surface area contributed by atoms with E-state index in [0.717, 1.165) is 16.9 Å². The van der Waals surface area contributed by atoms with Crippen LogP contribution in [-0.2, 0) is 4.79 Å². The molecule has 0 aliphatic heterocycles. The molecule has 0 saturated carbocycles. The predicted molar refractivity (Wildman–Crippen MR) is 103 cm³/mol. The minimum Gasteiger partial charge on any atom is -0.496 e. The van der Waals surface area contributed by atoms with Gasteiger partial charge in [0.2, 0.25) is 5.91 Å². The predicted octanol–water partition coefficient (Wildman–Crippen LogP) is 3.99. The quantitative estimate of drug-likeness (QED) is 0.728. The lowest BCUT2D eigenvalue weighted by molar-refractivity contribution is -0.117. The minimum atomic E-state index is -0.183. The van der Waals surface area contributed by atoms with Gasteiger partial charge in [0, 0.05) is 11.6 Å². The van der Waals surface area contributed by atoms with Gasteiger partial charge >= 0.3 is 0 Å². The van der Waals surface area contributed by atoms with Crippen molar-refractivity contribution >= 4 is 12.0 Å². The lowest BCUT2D eigenvalue weighted by atomic mass is 10.1. The van der Waals surface area contributed by atoms with Crippen molar-refractivity contribution in [3.63, 3.8) is 0 Å². The van der Waals surface area contributed by atoms with Crippen LogP contribution in [0.15, 0.2) is 48.5 Å². The number of para-hydroxylation sites is 1. The number of carbonyl (C=O) groups is 1. The molecule has 1 N–H and O–H groups in total. The summed E-state index contributed by atoms with van der Waals surface area (Å²) < 4.78 is 16.2. The van der Waals surface area contributed by atoms with Crippen molar-refractivity contribution in [2.24, 2.45) is 0 Å². The topological polar surface area (TPSA) is 56.8 Å². The first-order chi connectivity index (χ1) is 12.6. The van der Waals surface area contributed by atoms with E-state index in [-0.39, 0.29) is 11.9 Å². The summed E-state index contributed by atoms with van der Waals surface area (Å²) in [5.74, 6) is 1.89. The molecule has 2 rings (SSSR count). The Bertz CT molecular complexity index is 770. The van der Waals surface area contributed by atoms with Crippen LogP contribution in [0.1, 0.15) is 31.0 Å². The molecule has 0 saturated heterocycles. The molecule has 2 aromatic rings. The Morgan fingerprint density at radius 2 is 1.81 bits per heavy atom. The molecule has 0 bridgehead atoms. The number of carbonyl (C=O) groups excluding carboxylic acids is 1. The lowest BCUT2D eigenvalue weighted by Crippen LogP contribution is -2.24. The van der Waals surface area contributed by atoms with Crippen LogP contribution in [0.2, 0.25) is 0 Å². The van der Waals surface area contributed by atoms with Crippen molar-refractivity contribution in [2.45, 2.75) is 19.9 Å². The number of nitrogens with one attached hydrogen (secondary N) is 1. The normalized spacial score (nSPS) is 11.8. The number of amides is 1. The molecule has 2 aromatic carbocycles. The Hall–Kier alpha value is -2.95. The van der Waals surface area contributed by atoms with E-state index in [1.807, 2.05) is 56.3 Å². The van der Waals surface area contributed by atoms with E-state index in [2.05, 4.69) is 5.32 Å². The van der Waals surface area contributed by atoms with E-state index >= 15 is 0 Å². The molecule has 0 heterocycles. The summed E-state index contributed by atoms with van der Waals surface area (Å²) in [7, 11) is 3.22. The largest absolute Gasteiger partial charge is 0.496 e. The van der Waals surface area contributed by atoms with E-state index in [9.17, 15) is 4.79 Å². The molecular weight excluding hydrogens is 330 g/mol. The van der Waals surface area contributed by atoms with Gasteiger partial charge in [0.05, 0.1) is 26.9 Å². The number of hydrogen-bond donors (Lipinski definition) is 1. The maximum Gasteiger partial charge on any atom is 0.244 e. The summed E-state index contributed by atoms with van der Waals surface area (Å²) >= 11 is 0. The van der Waals surface area contributed by atoms with Gasteiger partial charge < -0.3 is 19.5 Å². The maximum atomic E-state index is 12.2. The van der Waals surface area contributed by atoms with Crippen LogP contribution in [-0.4, -0.2) is 26.7 Å². The molecule has 0 fully saturated rings. The zero-order valence-corrected chi connectivity index (χ0v) is 15.6. The number of benzene rings is 2. The molecule has 0 aliphatic rings. The second-order valence-corrected chi connectivity index (χ2v) is 5.65. The second-order valence-electron chi connectivity index (χ2n) is 5.65. The molecule has 26 heavy (non-hydrogen) atoms. The minimum absolute atomic E-state index is 0.168. The van der Waals surface area contributed by atoms with Crippen molar-refractivity contribution in [1.82, 2.24) is 5.32 Å². The maximum absolute atomic E-state index is 12.2. The summed E-state index contributed by atoms with van der Waals surface area (Å²) in [4.78, 5) is 12.2. The van der Waals surface area contributed by atoms with Gasteiger partial charge in [-0.1, -0.05) is 24.3 Å². The Balaban J connectivity index is 2.06. The zero-order valence-electron chi connectivity index (χ0n) is 15.6. The van der Waals surface area contributed by atoms with Gasteiger partial charge in [0.25, 0.3) is 0 Å². The van der Waals surface area contributed by atoms with Gasteiger partial charge in [-0.15, -0.1) is 0 Å². The first-order valence-corrected chi connectivity index (χ1v) is 8.51. The molecule has 138 valence electrons. The average Bonchev–Trinajstić information content (AvgIpc) is 2.66. The number of rotatable bonds is 8. The SMILES string of the molecule is CCOc1cc(/C=C/C(=O)NC(C)c2ccccc2OC)ccc1OC. The van der Waals surface area contributed by atoms with E-state index in [1.54, 1.807) is 20.3 Å². The molecule has 0 aliphatic carbocycles. The first-order valence-electron chi connectivity index (χ1n) is 8.51. The lowest BCUT2D eigenvalue weighted by Gasteiger charge is -2.16. The monoisotopic (exact) mass is 355 g/mol. The first kappa shape index (κ1) is 19.4. The van der Waals surface area contributed by atoms with Crippen LogP contribution < -0.4 is 19.5 Å². The Morgan fingerprint density at radius 3 is 2.50 bits per heavy atom. The van der Waals surface area contributed by atoms with Gasteiger partial charge in [0.15, 0.2) is 11.5 Å². The van der Waals surface area contributed by atoms with Crippen molar-refractivity contribution in [3.05, 3.63) is 59.7 Å². The Labute approximate surface area is 154 Å². The van der Waals surface area contributed by atoms with E-state index in [4.69, 9.17) is 14.2 Å². The highest BCUT2D eigenvalue weighted by atomic mass is 16.5. The molecule has 5 heteroatoms. The molecular formula is C21H25NO4. The van der Waals surface area contributed by atoms with Gasteiger partial charge in [-0.2, -0.15) is 0 Å². The van der Waals surface area contributed by atoms with Crippen molar-refractivity contribution in [3.8, 4) is 17.2 Å². The highest BCUT2D eigenvalue weighted by molar-refractivity contribution is 5.92. The Morgan fingerprint density at radius 1 is 1.08 bits per heavy atom. The van der Waals surface area contributed by atoms with E-state index < -0.39 is 0 Å². The van der Waals surface area contributed by atoms with E-state index in [1.165, 1.54) is 6.08 Å². The molecule has 1 unspecified atom stereocenters. The fourth-order valence-corrected chi connectivity index (χ4v) is 2.60. The third kappa shape index (κ3) is 5.02. The summed E-state index contributed by atoms with van der Waals surface area (Å²) in [5, 5.41) is 2.94. The fraction of sp³-hybridized carbons (Fsp3) is 0.286. The van der Waals surface area contributed by atoms with Crippen molar-refractivity contribution in [2.75, 3.05) is 20.8 Å². The molecule has 5 nitrogen and oxygen atoms in total. The van der Waals surface area contributed by atoms with Crippen LogP contribution in [0.5, 0.6) is 17.2 Å². The molecule has 0 aromatic heterocycles. The van der Waals surface area contributed by atoms with Gasteiger partial charge in [-0.25, -0.2) is 0 Å². The third-order valence-electron chi connectivity index (χ3n) is 3.88. The highest BCUT2D eigenvalue weighted by Crippen LogP contribution is 2.28. The summed E-state index contributed by atoms with van der Waals surface area (Å²) in [5.41, 5.74) is 1.79. The highest BCUT2D eigenvalue weighted by Gasteiger charge is 2.12. The number of hydrogen-bond acceptors (Lipinski definition) is 4. The average molecular weight is 355 g/mol. The van der Waals surface area contributed by atoms with Crippen LogP contribution in [0.4, 0.5) is 0 Å². The van der Waals surface area contributed by atoms with Gasteiger partial charge in [-0.3, -0.25) is 4.79 Å². The van der Waals surface area contributed by atoms with Crippen molar-refractivity contribution < 1.29 is 19.0 Å². The molecule has 1 amide bonds. The molecule has 0 radical (unpaired) electrons. The van der Waals surface area contributed by atoms with Crippen LogP contribution >= 0.6 is 0 Å². The standard InChI is InChI=1S/C21H25NO4/c1-5-26-20-14-16(10-12-19(20)25-4)11-13-21(23)22-15(2)17-8-6-7-9-18(17)24-3/h6-15H,5H2,1-4H3,(H,22,23)/b13-11+. The van der Waals surface area contributed by atoms with Gasteiger partial charge in [0.1, 0.15) is 5.75 Å². The van der Waals surface area contributed by atoms with Gasteiger partial charge in [-0.05, 0) is 43.7 Å². The fourth-order valence-electron chi connectivity index (χ4n) is 2.60. The van der Waals surface area contributed by atoms with E-state index in [0.29, 0.717) is 18.1 Å². The summed E-state index contributed by atoms with van der Waals surface area (Å²) in [6.07, 6.45) is 3.25. The smallest absolute Gasteiger partial charge is 0.244 e.